The molecule has 0 N–H and O–H groups in total. The third-order valence-electron chi connectivity index (χ3n) is 3.71. The lowest BCUT2D eigenvalue weighted by atomic mass is 10.0. The van der Waals surface area contributed by atoms with Gasteiger partial charge < -0.3 is 0 Å². The van der Waals surface area contributed by atoms with Crippen LogP contribution in [0.15, 0.2) is 54.7 Å². The van der Waals surface area contributed by atoms with Crippen LogP contribution < -0.4 is 0 Å². The maximum absolute atomic E-state index is 4.27. The summed E-state index contributed by atoms with van der Waals surface area (Å²) < 4.78 is 1.83. The summed E-state index contributed by atoms with van der Waals surface area (Å²) in [4.78, 5) is 0. The molecule has 0 spiro atoms. The van der Waals surface area contributed by atoms with Crippen LogP contribution in [-0.2, 0) is 12.8 Å². The minimum Gasteiger partial charge on any atom is -0.220 e. The van der Waals surface area contributed by atoms with Gasteiger partial charge in [0, 0.05) is 0 Å². The molecule has 1 heterocycles. The molecule has 0 bridgehead atoms. The number of benzene rings is 2. The average molecular weight is 277 g/mol. The molecular weight excluding hydrogens is 258 g/mol. The van der Waals surface area contributed by atoms with E-state index in [1.807, 2.05) is 41.2 Å². The van der Waals surface area contributed by atoms with Crippen molar-refractivity contribution < 1.29 is 0 Å². The van der Waals surface area contributed by atoms with Gasteiger partial charge in [-0.25, -0.2) is 4.68 Å². The summed E-state index contributed by atoms with van der Waals surface area (Å²) in [5.74, 6) is 0. The predicted octanol–water partition coefficient (Wildman–Crippen LogP) is 3.67. The normalized spacial score (nSPS) is 10.8. The van der Waals surface area contributed by atoms with Gasteiger partial charge in [0.05, 0.1) is 17.6 Å². The summed E-state index contributed by atoms with van der Waals surface area (Å²) in [5, 5.41) is 8.47. The van der Waals surface area contributed by atoms with Gasteiger partial charge in [0.1, 0.15) is 0 Å². The Hall–Kier alpha value is -2.42. The third-order valence-corrected chi connectivity index (χ3v) is 3.71. The van der Waals surface area contributed by atoms with Crippen LogP contribution in [0.1, 0.15) is 22.4 Å². The number of aryl methyl sites for hydroxylation is 4. The lowest BCUT2D eigenvalue weighted by Gasteiger charge is -2.05. The summed E-state index contributed by atoms with van der Waals surface area (Å²) in [7, 11) is 0. The van der Waals surface area contributed by atoms with Gasteiger partial charge in [-0.05, 0) is 49.9 Å². The quantitative estimate of drug-likeness (QED) is 0.728. The molecule has 3 nitrogen and oxygen atoms in total. The van der Waals surface area contributed by atoms with Crippen molar-refractivity contribution in [3.63, 3.8) is 0 Å². The van der Waals surface area contributed by atoms with Crippen molar-refractivity contribution in [1.29, 1.82) is 0 Å². The van der Waals surface area contributed by atoms with Gasteiger partial charge in [0.25, 0.3) is 0 Å². The van der Waals surface area contributed by atoms with Gasteiger partial charge in [0.2, 0.25) is 0 Å². The zero-order valence-electron chi connectivity index (χ0n) is 12.5. The van der Waals surface area contributed by atoms with E-state index in [2.05, 4.69) is 42.4 Å². The molecule has 0 atom stereocenters. The summed E-state index contributed by atoms with van der Waals surface area (Å²) in [5.41, 5.74) is 6.12. The van der Waals surface area contributed by atoms with E-state index in [1.54, 1.807) is 0 Å². The summed E-state index contributed by atoms with van der Waals surface area (Å²) >= 11 is 0. The fourth-order valence-electron chi connectivity index (χ4n) is 2.51. The molecule has 0 fully saturated rings. The Balaban J connectivity index is 1.70. The largest absolute Gasteiger partial charge is 0.220 e. The molecule has 106 valence electrons. The molecule has 1 aromatic heterocycles. The van der Waals surface area contributed by atoms with Gasteiger partial charge >= 0.3 is 0 Å². The molecule has 0 saturated carbocycles. The Morgan fingerprint density at radius 1 is 0.952 bits per heavy atom. The fourth-order valence-corrected chi connectivity index (χ4v) is 2.51. The fraction of sp³-hybridized carbons (Fsp3) is 0.222. The molecule has 0 aliphatic carbocycles. The standard InChI is InChI=1S/C18H19N3/c1-14-8-9-16(15(2)12-14)10-11-17-13-21(20-19-17)18-6-4-3-5-7-18/h3-9,12-13H,10-11H2,1-2H3. The van der Waals surface area contributed by atoms with E-state index in [-0.39, 0.29) is 0 Å². The molecule has 0 amide bonds. The molecule has 0 aliphatic rings. The predicted molar refractivity (Wildman–Crippen MR) is 84.7 cm³/mol. The Morgan fingerprint density at radius 2 is 1.76 bits per heavy atom. The van der Waals surface area contributed by atoms with Crippen LogP contribution in [0.3, 0.4) is 0 Å². The van der Waals surface area contributed by atoms with Crippen molar-refractivity contribution in [3.8, 4) is 5.69 Å². The highest BCUT2D eigenvalue weighted by Crippen LogP contribution is 2.13. The summed E-state index contributed by atoms with van der Waals surface area (Å²) in [6, 6.07) is 16.7. The molecule has 0 aliphatic heterocycles. The smallest absolute Gasteiger partial charge is 0.0835 e. The summed E-state index contributed by atoms with van der Waals surface area (Å²) in [6.07, 6.45) is 3.93. The van der Waals surface area contributed by atoms with Gasteiger partial charge in [0.15, 0.2) is 0 Å². The van der Waals surface area contributed by atoms with Crippen LogP contribution in [0.25, 0.3) is 5.69 Å². The average Bonchev–Trinajstić information content (AvgIpc) is 2.96. The lowest BCUT2D eigenvalue weighted by Crippen LogP contribution is -1.95. The second kappa shape index (κ2) is 5.92. The minimum absolute atomic E-state index is 0.913. The van der Waals surface area contributed by atoms with Crippen LogP contribution in [0, 0.1) is 13.8 Å². The van der Waals surface area contributed by atoms with Crippen molar-refractivity contribution >= 4 is 0 Å². The molecule has 3 aromatic rings. The first-order valence-electron chi connectivity index (χ1n) is 7.25. The Kier molecular flexibility index (Phi) is 3.82. The van der Waals surface area contributed by atoms with Crippen LogP contribution in [0.5, 0.6) is 0 Å². The first-order chi connectivity index (χ1) is 10.2. The number of para-hydroxylation sites is 1. The zero-order valence-corrected chi connectivity index (χ0v) is 12.5. The van der Waals surface area contributed by atoms with E-state index in [0.29, 0.717) is 0 Å². The van der Waals surface area contributed by atoms with Crippen molar-refractivity contribution in [2.45, 2.75) is 26.7 Å². The Labute approximate surface area is 125 Å². The van der Waals surface area contributed by atoms with Crippen LogP contribution in [-0.4, -0.2) is 15.0 Å². The molecule has 3 rings (SSSR count). The molecule has 21 heavy (non-hydrogen) atoms. The van der Waals surface area contributed by atoms with Crippen molar-refractivity contribution in [1.82, 2.24) is 15.0 Å². The number of nitrogens with zero attached hydrogens (tertiary/aromatic N) is 3. The molecule has 0 saturated heterocycles. The SMILES string of the molecule is Cc1ccc(CCc2cn(-c3ccccc3)nn2)c(C)c1. The van der Waals surface area contributed by atoms with Crippen LogP contribution in [0.4, 0.5) is 0 Å². The van der Waals surface area contributed by atoms with E-state index < -0.39 is 0 Å². The first kappa shape index (κ1) is 13.6. The van der Waals surface area contributed by atoms with Crippen molar-refractivity contribution in [2.24, 2.45) is 0 Å². The van der Waals surface area contributed by atoms with Crippen LogP contribution in [0.2, 0.25) is 0 Å². The van der Waals surface area contributed by atoms with Crippen molar-refractivity contribution in [3.05, 3.63) is 77.1 Å². The molecular formula is C18H19N3. The van der Waals surface area contributed by atoms with E-state index in [9.17, 15) is 0 Å². The van der Waals surface area contributed by atoms with Crippen molar-refractivity contribution in [2.75, 3.05) is 0 Å². The number of rotatable bonds is 4. The maximum Gasteiger partial charge on any atom is 0.0835 e. The zero-order chi connectivity index (χ0) is 14.7. The van der Waals surface area contributed by atoms with E-state index in [0.717, 1.165) is 24.2 Å². The highest BCUT2D eigenvalue weighted by atomic mass is 15.4. The topological polar surface area (TPSA) is 30.7 Å². The number of hydrogen-bond acceptors (Lipinski definition) is 2. The van der Waals surface area contributed by atoms with Gasteiger partial charge in [-0.15, -0.1) is 5.10 Å². The van der Waals surface area contributed by atoms with Gasteiger partial charge in [-0.3, -0.25) is 0 Å². The summed E-state index contributed by atoms with van der Waals surface area (Å²) in [6.45, 7) is 4.30. The molecule has 0 radical (unpaired) electrons. The minimum atomic E-state index is 0.913. The first-order valence-corrected chi connectivity index (χ1v) is 7.25. The van der Waals surface area contributed by atoms with Gasteiger partial charge in [-0.1, -0.05) is 47.2 Å². The van der Waals surface area contributed by atoms with E-state index in [4.69, 9.17) is 0 Å². The number of aromatic nitrogens is 3. The third kappa shape index (κ3) is 3.19. The second-order valence-corrected chi connectivity index (χ2v) is 5.42. The van der Waals surface area contributed by atoms with Crippen LogP contribution >= 0.6 is 0 Å². The Bertz CT molecular complexity index is 729. The highest BCUT2D eigenvalue weighted by molar-refractivity contribution is 5.32. The number of hydrogen-bond donors (Lipinski definition) is 0. The maximum atomic E-state index is 4.27. The molecule has 3 heteroatoms. The monoisotopic (exact) mass is 277 g/mol. The van der Waals surface area contributed by atoms with E-state index >= 15 is 0 Å². The Morgan fingerprint density at radius 3 is 2.52 bits per heavy atom. The highest BCUT2D eigenvalue weighted by Gasteiger charge is 2.04. The van der Waals surface area contributed by atoms with E-state index in [1.165, 1.54) is 16.7 Å². The molecule has 0 unspecified atom stereocenters. The second-order valence-electron chi connectivity index (χ2n) is 5.42. The van der Waals surface area contributed by atoms with Gasteiger partial charge in [-0.2, -0.15) is 0 Å². The lowest BCUT2D eigenvalue weighted by molar-refractivity contribution is 0.793. The molecule has 2 aromatic carbocycles.